The van der Waals surface area contributed by atoms with Crippen molar-refractivity contribution in [2.75, 3.05) is 19.3 Å². The van der Waals surface area contributed by atoms with E-state index < -0.39 is 5.97 Å². The molecule has 0 aliphatic rings. The van der Waals surface area contributed by atoms with Gasteiger partial charge >= 0.3 is 5.97 Å². The number of rotatable bonds is 4. The van der Waals surface area contributed by atoms with Crippen molar-refractivity contribution in [2.24, 2.45) is 0 Å². The number of carboxylic acids is 1. The molecule has 1 amide bonds. The molecule has 0 saturated carbocycles. The van der Waals surface area contributed by atoms with E-state index in [0.29, 0.717) is 15.7 Å². The van der Waals surface area contributed by atoms with E-state index in [9.17, 15) is 9.59 Å². The van der Waals surface area contributed by atoms with Crippen molar-refractivity contribution in [2.45, 2.75) is 6.42 Å². The van der Waals surface area contributed by atoms with Gasteiger partial charge in [0, 0.05) is 29.3 Å². The number of carbonyl (C=O) groups is 2. The van der Waals surface area contributed by atoms with E-state index in [2.05, 4.69) is 15.9 Å². The molecule has 0 aliphatic heterocycles. The normalized spacial score (nSPS) is 10.0. The molecule has 5 nitrogen and oxygen atoms in total. The number of aliphatic carboxylic acids is 1. The number of carbonyl (C=O) groups excluding carboxylic acids is 1. The third-order valence-electron chi connectivity index (χ3n) is 2.26. The molecule has 0 spiro atoms. The molecule has 0 fully saturated rings. The van der Waals surface area contributed by atoms with Gasteiger partial charge in [0.1, 0.15) is 0 Å². The van der Waals surface area contributed by atoms with Crippen LogP contribution in [-0.2, 0) is 4.79 Å². The van der Waals surface area contributed by atoms with Crippen molar-refractivity contribution in [3.05, 3.63) is 28.2 Å². The van der Waals surface area contributed by atoms with Gasteiger partial charge in [0.15, 0.2) is 0 Å². The quantitative estimate of drug-likeness (QED) is 0.827. The lowest BCUT2D eigenvalue weighted by molar-refractivity contribution is -0.137. The Morgan fingerprint density at radius 1 is 1.47 bits per heavy atom. The first-order valence-electron chi connectivity index (χ1n) is 4.94. The van der Waals surface area contributed by atoms with Gasteiger partial charge in [0.25, 0.3) is 5.91 Å². The molecule has 1 aromatic carbocycles. The van der Waals surface area contributed by atoms with Crippen molar-refractivity contribution in [1.29, 1.82) is 0 Å². The van der Waals surface area contributed by atoms with Crippen LogP contribution < -0.4 is 5.73 Å². The summed E-state index contributed by atoms with van der Waals surface area (Å²) in [5, 5.41) is 8.53. The van der Waals surface area contributed by atoms with Crippen LogP contribution in [0, 0.1) is 0 Å². The molecule has 0 saturated heterocycles. The molecule has 0 atom stereocenters. The number of nitrogens with two attached hydrogens (primary N) is 1. The van der Waals surface area contributed by atoms with Gasteiger partial charge in [-0.25, -0.2) is 0 Å². The second-order valence-electron chi connectivity index (χ2n) is 3.61. The molecule has 0 aliphatic carbocycles. The summed E-state index contributed by atoms with van der Waals surface area (Å²) in [6.45, 7) is 0.177. The van der Waals surface area contributed by atoms with Crippen LogP contribution in [0.4, 0.5) is 5.69 Å². The average Bonchev–Trinajstić information content (AvgIpc) is 2.28. The van der Waals surface area contributed by atoms with E-state index >= 15 is 0 Å². The number of hydrogen-bond acceptors (Lipinski definition) is 3. The minimum absolute atomic E-state index is 0.0710. The Morgan fingerprint density at radius 3 is 2.65 bits per heavy atom. The molecule has 1 aromatic rings. The van der Waals surface area contributed by atoms with Crippen LogP contribution in [0.15, 0.2) is 22.7 Å². The second-order valence-corrected chi connectivity index (χ2v) is 4.46. The molecule has 1 rings (SSSR count). The molecule has 6 heteroatoms. The fourth-order valence-corrected chi connectivity index (χ4v) is 1.62. The smallest absolute Gasteiger partial charge is 0.305 e. The van der Waals surface area contributed by atoms with E-state index in [1.165, 1.54) is 4.90 Å². The molecule has 0 bridgehead atoms. The lowest BCUT2D eigenvalue weighted by Crippen LogP contribution is -2.29. The van der Waals surface area contributed by atoms with Gasteiger partial charge in [-0.2, -0.15) is 0 Å². The number of carboxylic acid groups (broad SMARTS) is 1. The Kier molecular flexibility index (Phi) is 4.51. The van der Waals surface area contributed by atoms with Gasteiger partial charge in [-0.1, -0.05) is 0 Å². The standard InChI is InChI=1S/C11H13BrN2O3/c1-14(5-4-10(15)16)11(17)7-2-3-9(13)8(12)6-7/h2-3,6H,4-5,13H2,1H3,(H,15,16). The predicted molar refractivity (Wildman–Crippen MR) is 67.8 cm³/mol. The van der Waals surface area contributed by atoms with Crippen molar-refractivity contribution in [1.82, 2.24) is 4.90 Å². The molecule has 0 aromatic heterocycles. The lowest BCUT2D eigenvalue weighted by atomic mass is 10.2. The van der Waals surface area contributed by atoms with Crippen LogP contribution >= 0.6 is 15.9 Å². The largest absolute Gasteiger partial charge is 0.481 e. The first-order valence-corrected chi connectivity index (χ1v) is 5.73. The summed E-state index contributed by atoms with van der Waals surface area (Å²) in [4.78, 5) is 23.7. The first kappa shape index (κ1) is 13.5. The minimum atomic E-state index is -0.928. The topological polar surface area (TPSA) is 83.6 Å². The maximum Gasteiger partial charge on any atom is 0.305 e. The molecule has 0 heterocycles. The van der Waals surface area contributed by atoms with Gasteiger partial charge in [-0.3, -0.25) is 9.59 Å². The first-order chi connectivity index (χ1) is 7.91. The second kappa shape index (κ2) is 5.67. The summed E-state index contributed by atoms with van der Waals surface area (Å²) in [6, 6.07) is 4.86. The SMILES string of the molecule is CN(CCC(=O)O)C(=O)c1ccc(N)c(Br)c1. The van der Waals surface area contributed by atoms with E-state index in [1.807, 2.05) is 0 Å². The summed E-state index contributed by atoms with van der Waals surface area (Å²) in [5.74, 6) is -1.16. The summed E-state index contributed by atoms with van der Waals surface area (Å²) >= 11 is 3.24. The number of hydrogen-bond donors (Lipinski definition) is 2. The molecular weight excluding hydrogens is 288 g/mol. The van der Waals surface area contributed by atoms with E-state index in [4.69, 9.17) is 10.8 Å². The lowest BCUT2D eigenvalue weighted by Gasteiger charge is -2.16. The average molecular weight is 301 g/mol. The highest BCUT2D eigenvalue weighted by Gasteiger charge is 2.13. The number of halogens is 1. The van der Waals surface area contributed by atoms with Crippen molar-refractivity contribution >= 4 is 33.5 Å². The summed E-state index contributed by atoms with van der Waals surface area (Å²) < 4.78 is 0.648. The number of nitrogen functional groups attached to an aromatic ring is 1. The van der Waals surface area contributed by atoms with Crippen LogP contribution in [0.3, 0.4) is 0 Å². The zero-order valence-electron chi connectivity index (χ0n) is 9.31. The summed E-state index contributed by atoms with van der Waals surface area (Å²) in [7, 11) is 1.57. The summed E-state index contributed by atoms with van der Waals surface area (Å²) in [5.41, 5.74) is 6.64. The van der Waals surface area contributed by atoms with Gasteiger partial charge < -0.3 is 15.7 Å². The van der Waals surface area contributed by atoms with Crippen molar-refractivity contribution in [3.63, 3.8) is 0 Å². The monoisotopic (exact) mass is 300 g/mol. The summed E-state index contributed by atoms with van der Waals surface area (Å²) in [6.07, 6.45) is -0.0710. The maximum atomic E-state index is 11.9. The molecular formula is C11H13BrN2O3. The number of anilines is 1. The van der Waals surface area contributed by atoms with Crippen LogP contribution in [0.1, 0.15) is 16.8 Å². The Labute approximate surface area is 107 Å². The molecule has 3 N–H and O–H groups in total. The Morgan fingerprint density at radius 2 is 2.12 bits per heavy atom. The minimum Gasteiger partial charge on any atom is -0.481 e. The Hall–Kier alpha value is -1.56. The van der Waals surface area contributed by atoms with E-state index in [1.54, 1.807) is 25.2 Å². The van der Waals surface area contributed by atoms with Crippen molar-refractivity contribution in [3.8, 4) is 0 Å². The van der Waals surface area contributed by atoms with Gasteiger partial charge in [0.05, 0.1) is 6.42 Å². The molecule has 0 unspecified atom stereocenters. The third kappa shape index (κ3) is 3.74. The van der Waals surface area contributed by atoms with Crippen LogP contribution in [-0.4, -0.2) is 35.5 Å². The Bertz CT molecular complexity index is 448. The fraction of sp³-hybridized carbons (Fsp3) is 0.273. The van der Waals surface area contributed by atoms with Gasteiger partial charge in [-0.05, 0) is 34.1 Å². The van der Waals surface area contributed by atoms with E-state index in [0.717, 1.165) is 0 Å². The molecule has 92 valence electrons. The third-order valence-corrected chi connectivity index (χ3v) is 2.94. The predicted octanol–water partition coefficient (Wildman–Crippen LogP) is 1.58. The zero-order chi connectivity index (χ0) is 13.0. The highest BCUT2D eigenvalue weighted by molar-refractivity contribution is 9.10. The van der Waals surface area contributed by atoms with Crippen LogP contribution in [0.2, 0.25) is 0 Å². The van der Waals surface area contributed by atoms with Crippen molar-refractivity contribution < 1.29 is 14.7 Å². The number of amides is 1. The number of benzene rings is 1. The fourth-order valence-electron chi connectivity index (χ4n) is 1.25. The highest BCUT2D eigenvalue weighted by atomic mass is 79.9. The maximum absolute atomic E-state index is 11.9. The Balaban J connectivity index is 2.74. The number of nitrogens with zero attached hydrogens (tertiary/aromatic N) is 1. The van der Waals surface area contributed by atoms with Crippen LogP contribution in [0.25, 0.3) is 0 Å². The van der Waals surface area contributed by atoms with Crippen LogP contribution in [0.5, 0.6) is 0 Å². The van der Waals surface area contributed by atoms with E-state index in [-0.39, 0.29) is 18.9 Å². The van der Waals surface area contributed by atoms with Gasteiger partial charge in [0.2, 0.25) is 0 Å². The molecule has 17 heavy (non-hydrogen) atoms. The molecule has 0 radical (unpaired) electrons. The van der Waals surface area contributed by atoms with Gasteiger partial charge in [-0.15, -0.1) is 0 Å². The zero-order valence-corrected chi connectivity index (χ0v) is 10.9. The highest BCUT2D eigenvalue weighted by Crippen LogP contribution is 2.21.